The van der Waals surface area contributed by atoms with Gasteiger partial charge in [0.25, 0.3) is 0 Å². The van der Waals surface area contributed by atoms with Crippen LogP contribution in [-0.2, 0) is 0 Å². The molecule has 4 nitrogen and oxygen atoms in total. The fourth-order valence-corrected chi connectivity index (χ4v) is 2.56. The highest BCUT2D eigenvalue weighted by Crippen LogP contribution is 2.40. The van der Waals surface area contributed by atoms with Gasteiger partial charge in [-0.25, -0.2) is 0 Å². The fourth-order valence-electron chi connectivity index (χ4n) is 2.56. The van der Waals surface area contributed by atoms with Crippen LogP contribution >= 0.6 is 0 Å². The van der Waals surface area contributed by atoms with Crippen LogP contribution in [0.3, 0.4) is 0 Å². The van der Waals surface area contributed by atoms with Crippen molar-refractivity contribution in [1.29, 1.82) is 0 Å². The number of benzene rings is 1. The van der Waals surface area contributed by atoms with Gasteiger partial charge < -0.3 is 10.5 Å². The molecule has 21 heavy (non-hydrogen) atoms. The van der Waals surface area contributed by atoms with E-state index in [-0.39, 0.29) is 0 Å². The molecule has 0 radical (unpaired) electrons. The smallest absolute Gasteiger partial charge is 0.119 e. The molecule has 1 atom stereocenters. The van der Waals surface area contributed by atoms with E-state index in [9.17, 15) is 0 Å². The summed E-state index contributed by atoms with van der Waals surface area (Å²) in [4.78, 5) is 0. The van der Waals surface area contributed by atoms with E-state index in [1.165, 1.54) is 12.8 Å². The van der Waals surface area contributed by atoms with Crippen LogP contribution in [0.25, 0.3) is 11.3 Å². The van der Waals surface area contributed by atoms with Gasteiger partial charge >= 0.3 is 0 Å². The average Bonchev–Trinajstić information content (AvgIpc) is 3.28. The van der Waals surface area contributed by atoms with Crippen molar-refractivity contribution in [3.05, 3.63) is 30.5 Å². The zero-order chi connectivity index (χ0) is 14.8. The lowest BCUT2D eigenvalue weighted by molar-refractivity contribution is 0.317. The molecule has 0 spiro atoms. The highest BCUT2D eigenvalue weighted by molar-refractivity contribution is 5.72. The fraction of sp³-hybridized carbons (Fsp3) is 0.471. The van der Waals surface area contributed by atoms with Crippen LogP contribution in [0.2, 0.25) is 0 Å². The first-order chi connectivity index (χ1) is 10.2. The maximum atomic E-state index is 6.14. The Morgan fingerprint density at radius 1 is 1.33 bits per heavy atom. The Kier molecular flexibility index (Phi) is 3.86. The predicted octanol–water partition coefficient (Wildman–Crippen LogP) is 3.89. The van der Waals surface area contributed by atoms with E-state index < -0.39 is 0 Å². The molecule has 1 aromatic carbocycles. The lowest BCUT2D eigenvalue weighted by atomic mass is 10.1. The first-order valence-electron chi connectivity index (χ1n) is 7.77. The topological polar surface area (TPSA) is 53.1 Å². The SMILES string of the molecule is CCCOc1ccc(-c2nn(C(C)C3CC3)cc2N)cc1. The number of rotatable bonds is 6. The molecule has 1 aliphatic carbocycles. The quantitative estimate of drug-likeness (QED) is 0.876. The third kappa shape index (κ3) is 3.04. The van der Waals surface area contributed by atoms with Crippen molar-refractivity contribution >= 4 is 5.69 Å². The molecule has 0 saturated heterocycles. The van der Waals surface area contributed by atoms with Crippen molar-refractivity contribution in [2.24, 2.45) is 5.92 Å². The predicted molar refractivity (Wildman–Crippen MR) is 85.3 cm³/mol. The van der Waals surface area contributed by atoms with E-state index in [0.29, 0.717) is 6.04 Å². The number of ether oxygens (including phenoxy) is 1. The van der Waals surface area contributed by atoms with Gasteiger partial charge in [-0.15, -0.1) is 0 Å². The highest BCUT2D eigenvalue weighted by atomic mass is 16.5. The largest absolute Gasteiger partial charge is 0.494 e. The molecule has 1 saturated carbocycles. The van der Waals surface area contributed by atoms with Crippen LogP contribution in [0.15, 0.2) is 30.5 Å². The maximum Gasteiger partial charge on any atom is 0.119 e. The summed E-state index contributed by atoms with van der Waals surface area (Å²) in [5.41, 5.74) is 8.78. The van der Waals surface area contributed by atoms with Crippen molar-refractivity contribution in [1.82, 2.24) is 9.78 Å². The van der Waals surface area contributed by atoms with Crippen LogP contribution in [0.4, 0.5) is 5.69 Å². The molecule has 1 aliphatic rings. The summed E-state index contributed by atoms with van der Waals surface area (Å²) in [5, 5.41) is 4.68. The van der Waals surface area contributed by atoms with Gasteiger partial charge in [0.1, 0.15) is 11.4 Å². The van der Waals surface area contributed by atoms with E-state index in [1.807, 2.05) is 35.1 Å². The molecule has 1 fully saturated rings. The van der Waals surface area contributed by atoms with Gasteiger partial charge in [-0.1, -0.05) is 6.92 Å². The molecule has 0 aliphatic heterocycles. The third-order valence-corrected chi connectivity index (χ3v) is 4.08. The Morgan fingerprint density at radius 3 is 2.67 bits per heavy atom. The number of aromatic nitrogens is 2. The maximum absolute atomic E-state index is 6.14. The lowest BCUT2D eigenvalue weighted by Gasteiger charge is -2.09. The van der Waals surface area contributed by atoms with E-state index >= 15 is 0 Å². The van der Waals surface area contributed by atoms with Gasteiger partial charge in [0.05, 0.1) is 18.3 Å². The van der Waals surface area contributed by atoms with E-state index in [1.54, 1.807) is 0 Å². The van der Waals surface area contributed by atoms with Gasteiger partial charge in [0.15, 0.2) is 0 Å². The molecular formula is C17H23N3O. The molecular weight excluding hydrogens is 262 g/mol. The van der Waals surface area contributed by atoms with Gasteiger partial charge in [0, 0.05) is 11.8 Å². The van der Waals surface area contributed by atoms with Gasteiger partial charge in [-0.2, -0.15) is 5.10 Å². The Morgan fingerprint density at radius 2 is 2.05 bits per heavy atom. The monoisotopic (exact) mass is 285 g/mol. The van der Waals surface area contributed by atoms with E-state index in [2.05, 4.69) is 18.9 Å². The normalized spacial score (nSPS) is 15.9. The first kappa shape index (κ1) is 14.0. The number of hydrogen-bond acceptors (Lipinski definition) is 3. The second kappa shape index (κ2) is 5.80. The summed E-state index contributed by atoms with van der Waals surface area (Å²) < 4.78 is 7.62. The molecule has 4 heteroatoms. The Bertz CT molecular complexity index is 599. The molecule has 0 bridgehead atoms. The zero-order valence-electron chi connectivity index (χ0n) is 12.7. The minimum atomic E-state index is 0.438. The van der Waals surface area contributed by atoms with Crippen LogP contribution in [0.5, 0.6) is 5.75 Å². The molecule has 2 aromatic rings. The number of hydrogen-bond donors (Lipinski definition) is 1. The summed E-state index contributed by atoms with van der Waals surface area (Å²) in [6, 6.07) is 8.45. The van der Waals surface area contributed by atoms with Crippen LogP contribution in [0, 0.1) is 5.92 Å². The van der Waals surface area contributed by atoms with Gasteiger partial charge in [-0.05, 0) is 56.4 Å². The molecule has 1 heterocycles. The standard InChI is InChI=1S/C17H23N3O/c1-3-10-21-15-8-6-14(7-9-15)17-16(18)11-20(19-17)12(2)13-4-5-13/h6-9,11-13H,3-5,10,18H2,1-2H3. The second-order valence-electron chi connectivity index (χ2n) is 5.86. The van der Waals surface area contributed by atoms with Crippen molar-refractivity contribution < 1.29 is 4.74 Å². The molecule has 2 N–H and O–H groups in total. The molecule has 112 valence electrons. The van der Waals surface area contributed by atoms with E-state index in [4.69, 9.17) is 10.5 Å². The number of nitrogens with zero attached hydrogens (tertiary/aromatic N) is 2. The van der Waals surface area contributed by atoms with Gasteiger partial charge in [0.2, 0.25) is 0 Å². The Balaban J connectivity index is 1.79. The third-order valence-electron chi connectivity index (χ3n) is 4.08. The zero-order valence-corrected chi connectivity index (χ0v) is 12.7. The van der Waals surface area contributed by atoms with Crippen molar-refractivity contribution in [2.75, 3.05) is 12.3 Å². The van der Waals surface area contributed by atoms with Crippen LogP contribution < -0.4 is 10.5 Å². The second-order valence-corrected chi connectivity index (χ2v) is 5.86. The minimum Gasteiger partial charge on any atom is -0.494 e. The first-order valence-corrected chi connectivity index (χ1v) is 7.77. The number of nitrogen functional groups attached to an aromatic ring is 1. The molecule has 0 amide bonds. The molecule has 3 rings (SSSR count). The minimum absolute atomic E-state index is 0.438. The Hall–Kier alpha value is -1.97. The summed E-state index contributed by atoms with van der Waals surface area (Å²) in [6.45, 7) is 5.06. The summed E-state index contributed by atoms with van der Waals surface area (Å²) in [5.74, 6) is 1.66. The van der Waals surface area contributed by atoms with Gasteiger partial charge in [-0.3, -0.25) is 4.68 Å². The van der Waals surface area contributed by atoms with Crippen molar-refractivity contribution in [3.63, 3.8) is 0 Å². The van der Waals surface area contributed by atoms with Crippen LogP contribution in [0.1, 0.15) is 39.2 Å². The average molecular weight is 285 g/mol. The molecule has 1 aromatic heterocycles. The summed E-state index contributed by atoms with van der Waals surface area (Å²) >= 11 is 0. The van der Waals surface area contributed by atoms with Crippen molar-refractivity contribution in [2.45, 2.75) is 39.2 Å². The summed E-state index contributed by atoms with van der Waals surface area (Å²) in [6.07, 6.45) is 5.58. The van der Waals surface area contributed by atoms with Crippen LogP contribution in [-0.4, -0.2) is 16.4 Å². The molecule has 1 unspecified atom stereocenters. The Labute approximate surface area is 125 Å². The summed E-state index contributed by atoms with van der Waals surface area (Å²) in [7, 11) is 0. The number of nitrogens with two attached hydrogens (primary N) is 1. The lowest BCUT2D eigenvalue weighted by Crippen LogP contribution is -2.07. The highest BCUT2D eigenvalue weighted by Gasteiger charge is 2.30. The van der Waals surface area contributed by atoms with Crippen molar-refractivity contribution in [3.8, 4) is 17.0 Å². The number of anilines is 1. The van der Waals surface area contributed by atoms with E-state index in [0.717, 1.165) is 41.6 Å².